The highest BCUT2D eigenvalue weighted by Crippen LogP contribution is 2.18. The van der Waals surface area contributed by atoms with Crippen LogP contribution in [0.25, 0.3) is 22.9 Å². The molecule has 1 unspecified atom stereocenters. The molecule has 4 aromatic rings. The molecular formula is C19H15N5O2S. The number of hydrogen-bond acceptors (Lipinski definition) is 5. The zero-order chi connectivity index (χ0) is 18.8. The summed E-state index contributed by atoms with van der Waals surface area (Å²) < 4.78 is 14.9. The van der Waals surface area contributed by atoms with Gasteiger partial charge in [0.05, 0.1) is 11.9 Å². The minimum absolute atomic E-state index is 0.223. The predicted octanol–water partition coefficient (Wildman–Crippen LogP) is 2.22. The molecule has 8 heteroatoms. The van der Waals surface area contributed by atoms with Crippen molar-refractivity contribution in [3.05, 3.63) is 83.4 Å². The van der Waals surface area contributed by atoms with Crippen LogP contribution < -0.4 is 5.43 Å². The van der Waals surface area contributed by atoms with Crippen LogP contribution in [-0.2, 0) is 10.8 Å². The van der Waals surface area contributed by atoms with Gasteiger partial charge in [-0.25, -0.2) is 14.3 Å². The maximum atomic E-state index is 12.5. The topological polar surface area (TPSA) is 82.7 Å². The summed E-state index contributed by atoms with van der Waals surface area (Å²) in [4.78, 5) is 17.4. The molecule has 0 saturated heterocycles. The van der Waals surface area contributed by atoms with E-state index in [9.17, 15) is 9.00 Å². The Hall–Kier alpha value is -3.39. The monoisotopic (exact) mass is 377 g/mol. The van der Waals surface area contributed by atoms with Gasteiger partial charge in [-0.1, -0.05) is 12.1 Å². The fourth-order valence-corrected chi connectivity index (χ4v) is 3.23. The van der Waals surface area contributed by atoms with Gasteiger partial charge in [0, 0.05) is 40.4 Å². The summed E-state index contributed by atoms with van der Waals surface area (Å²) in [6, 6.07) is 15.9. The summed E-state index contributed by atoms with van der Waals surface area (Å²) in [5.41, 5.74) is 1.29. The van der Waals surface area contributed by atoms with Crippen LogP contribution in [0, 0.1) is 0 Å². The number of nitrogens with zero attached hydrogens (tertiary/aromatic N) is 5. The zero-order valence-electron chi connectivity index (χ0n) is 14.4. The Balaban J connectivity index is 1.84. The van der Waals surface area contributed by atoms with Gasteiger partial charge in [-0.2, -0.15) is 10.2 Å². The van der Waals surface area contributed by atoms with Crippen molar-refractivity contribution in [2.75, 3.05) is 6.26 Å². The van der Waals surface area contributed by atoms with E-state index in [1.54, 1.807) is 58.5 Å². The second-order valence-electron chi connectivity index (χ2n) is 5.74. The van der Waals surface area contributed by atoms with Crippen LogP contribution in [0.1, 0.15) is 0 Å². The van der Waals surface area contributed by atoms with Crippen LogP contribution in [0.4, 0.5) is 0 Å². The molecule has 4 rings (SSSR count). The average Bonchev–Trinajstić information content (AvgIpc) is 3.19. The second-order valence-corrected chi connectivity index (χ2v) is 7.12. The van der Waals surface area contributed by atoms with Crippen LogP contribution in [-0.4, -0.2) is 35.0 Å². The Morgan fingerprint density at radius 3 is 2.67 bits per heavy atom. The molecular weight excluding hydrogens is 362 g/mol. The summed E-state index contributed by atoms with van der Waals surface area (Å²) in [5, 5.41) is 8.76. The lowest BCUT2D eigenvalue weighted by atomic mass is 10.2. The molecule has 0 amide bonds. The third-order valence-corrected chi connectivity index (χ3v) is 4.89. The summed E-state index contributed by atoms with van der Waals surface area (Å²) >= 11 is 0. The highest BCUT2D eigenvalue weighted by atomic mass is 32.2. The third-order valence-electron chi connectivity index (χ3n) is 3.97. The van der Waals surface area contributed by atoms with Gasteiger partial charge in [0.25, 0.3) is 0 Å². The van der Waals surface area contributed by atoms with E-state index in [1.165, 1.54) is 6.07 Å². The van der Waals surface area contributed by atoms with Gasteiger partial charge < -0.3 is 0 Å². The number of hydrogen-bond donors (Lipinski definition) is 0. The van der Waals surface area contributed by atoms with E-state index in [1.807, 2.05) is 24.3 Å². The maximum absolute atomic E-state index is 12.5. The van der Waals surface area contributed by atoms with Crippen molar-refractivity contribution < 1.29 is 4.21 Å². The molecule has 0 radical (unpaired) electrons. The first kappa shape index (κ1) is 17.0. The maximum Gasteiger partial charge on any atom is 0.209 e. The van der Waals surface area contributed by atoms with Gasteiger partial charge in [0.15, 0.2) is 11.5 Å². The quantitative estimate of drug-likeness (QED) is 0.545. The molecule has 0 bridgehead atoms. The standard InChI is InChI=1S/C19H15N5O2S/c1-27(26)15-6-4-5-14(13-15)23-12-9-17(25)19(22-23)16-8-11-21-24(16)18-7-2-3-10-20-18/h2-13H,1H3. The van der Waals surface area contributed by atoms with Crippen LogP contribution in [0.3, 0.4) is 0 Å². The first-order chi connectivity index (χ1) is 13.1. The van der Waals surface area contributed by atoms with Gasteiger partial charge in [0.1, 0.15) is 5.69 Å². The molecule has 3 heterocycles. The van der Waals surface area contributed by atoms with E-state index in [-0.39, 0.29) is 11.1 Å². The van der Waals surface area contributed by atoms with Gasteiger partial charge in [-0.3, -0.25) is 9.00 Å². The zero-order valence-corrected chi connectivity index (χ0v) is 15.2. The van der Waals surface area contributed by atoms with Crippen molar-refractivity contribution in [1.82, 2.24) is 24.5 Å². The van der Waals surface area contributed by atoms with Gasteiger partial charge in [-0.05, 0) is 36.4 Å². The minimum Gasteiger partial charge on any atom is -0.287 e. The van der Waals surface area contributed by atoms with Gasteiger partial charge >= 0.3 is 0 Å². The number of rotatable bonds is 4. The molecule has 7 nitrogen and oxygen atoms in total. The molecule has 1 atom stereocenters. The normalized spacial score (nSPS) is 12.0. The Morgan fingerprint density at radius 1 is 1.00 bits per heavy atom. The fourth-order valence-electron chi connectivity index (χ4n) is 2.68. The SMILES string of the molecule is CS(=O)c1cccc(-n2ccc(=O)c(-c3ccnn3-c3ccccn3)n2)c1. The van der Waals surface area contributed by atoms with Gasteiger partial charge in [-0.15, -0.1) is 0 Å². The van der Waals surface area contributed by atoms with Gasteiger partial charge in [0.2, 0.25) is 5.43 Å². The van der Waals surface area contributed by atoms with Crippen molar-refractivity contribution in [2.45, 2.75) is 4.90 Å². The Labute approximate surface area is 157 Å². The Bertz CT molecular complexity index is 1180. The predicted molar refractivity (Wildman–Crippen MR) is 103 cm³/mol. The highest BCUT2D eigenvalue weighted by molar-refractivity contribution is 7.84. The van der Waals surface area contributed by atoms with Crippen LogP contribution in [0.15, 0.2) is 82.9 Å². The molecule has 0 fully saturated rings. The third kappa shape index (κ3) is 3.34. The molecule has 0 aliphatic carbocycles. The number of aromatic nitrogens is 5. The summed E-state index contributed by atoms with van der Waals surface area (Å²) in [5.74, 6) is 0.595. The van der Waals surface area contributed by atoms with Crippen molar-refractivity contribution >= 4 is 10.8 Å². The molecule has 0 saturated carbocycles. The van der Waals surface area contributed by atoms with E-state index >= 15 is 0 Å². The van der Waals surface area contributed by atoms with Crippen molar-refractivity contribution in [3.63, 3.8) is 0 Å². The van der Waals surface area contributed by atoms with Crippen molar-refractivity contribution in [2.24, 2.45) is 0 Å². The Morgan fingerprint density at radius 2 is 1.89 bits per heavy atom. The lowest BCUT2D eigenvalue weighted by Gasteiger charge is -2.10. The van der Waals surface area contributed by atoms with E-state index in [0.29, 0.717) is 22.1 Å². The Kier molecular flexibility index (Phi) is 4.47. The minimum atomic E-state index is -1.11. The largest absolute Gasteiger partial charge is 0.287 e. The average molecular weight is 377 g/mol. The molecule has 134 valence electrons. The van der Waals surface area contributed by atoms with Crippen LogP contribution >= 0.6 is 0 Å². The van der Waals surface area contributed by atoms with E-state index in [4.69, 9.17) is 0 Å². The molecule has 27 heavy (non-hydrogen) atoms. The molecule has 1 aromatic carbocycles. The van der Waals surface area contributed by atoms with E-state index in [0.717, 1.165) is 0 Å². The lowest BCUT2D eigenvalue weighted by molar-refractivity contribution is 0.686. The number of pyridine rings is 1. The molecule has 0 aliphatic heterocycles. The van der Waals surface area contributed by atoms with Crippen LogP contribution in [0.5, 0.6) is 0 Å². The molecule has 3 aromatic heterocycles. The van der Waals surface area contributed by atoms with Crippen LogP contribution in [0.2, 0.25) is 0 Å². The fraction of sp³-hybridized carbons (Fsp3) is 0.0526. The molecule has 0 spiro atoms. The van der Waals surface area contributed by atoms with E-state index < -0.39 is 10.8 Å². The lowest BCUT2D eigenvalue weighted by Crippen LogP contribution is -2.15. The van der Waals surface area contributed by atoms with Crippen molar-refractivity contribution in [3.8, 4) is 22.9 Å². The smallest absolute Gasteiger partial charge is 0.209 e. The molecule has 0 aliphatic rings. The second kappa shape index (κ2) is 7.08. The molecule has 0 N–H and O–H groups in total. The number of benzene rings is 1. The highest BCUT2D eigenvalue weighted by Gasteiger charge is 2.14. The van der Waals surface area contributed by atoms with Crippen molar-refractivity contribution in [1.29, 1.82) is 0 Å². The summed E-state index contributed by atoms with van der Waals surface area (Å²) in [6.45, 7) is 0. The summed E-state index contributed by atoms with van der Waals surface area (Å²) in [7, 11) is -1.11. The first-order valence-electron chi connectivity index (χ1n) is 8.13. The van der Waals surface area contributed by atoms with E-state index in [2.05, 4.69) is 15.2 Å². The first-order valence-corrected chi connectivity index (χ1v) is 9.69. The summed E-state index contributed by atoms with van der Waals surface area (Å²) in [6.07, 6.45) is 6.47.